The summed E-state index contributed by atoms with van der Waals surface area (Å²) in [5.41, 5.74) is 2.85. The van der Waals surface area contributed by atoms with Crippen molar-refractivity contribution >= 4 is 38.3 Å². The zero-order chi connectivity index (χ0) is 13.9. The van der Waals surface area contributed by atoms with Crippen LogP contribution < -0.4 is 5.32 Å². The van der Waals surface area contributed by atoms with E-state index in [4.69, 9.17) is 4.98 Å². The molecule has 0 spiro atoms. The SMILES string of the molecule is CNC(Cc1sccc1Br)c1cnc2ccccc2n1. The summed E-state index contributed by atoms with van der Waals surface area (Å²) in [5.74, 6) is 0. The normalized spacial score (nSPS) is 12.7. The Morgan fingerprint density at radius 2 is 2.05 bits per heavy atom. The van der Waals surface area contributed by atoms with Gasteiger partial charge in [0.15, 0.2) is 0 Å². The number of aromatic nitrogens is 2. The molecular weight excluding hydrogens is 334 g/mol. The maximum Gasteiger partial charge on any atom is 0.0890 e. The number of likely N-dealkylation sites (N-methyl/N-ethyl adjacent to an activating group) is 1. The Balaban J connectivity index is 1.92. The van der Waals surface area contributed by atoms with Gasteiger partial charge in [-0.25, -0.2) is 4.98 Å². The third-order valence-electron chi connectivity index (χ3n) is 3.25. The average Bonchev–Trinajstić information content (AvgIpc) is 2.89. The lowest BCUT2D eigenvalue weighted by atomic mass is 10.1. The van der Waals surface area contributed by atoms with Crippen LogP contribution in [0.1, 0.15) is 16.6 Å². The summed E-state index contributed by atoms with van der Waals surface area (Å²) in [6.07, 6.45) is 2.77. The molecule has 1 N–H and O–H groups in total. The predicted molar refractivity (Wildman–Crippen MR) is 87.1 cm³/mol. The molecule has 0 radical (unpaired) electrons. The van der Waals surface area contributed by atoms with Gasteiger partial charge >= 0.3 is 0 Å². The van der Waals surface area contributed by atoms with E-state index in [0.29, 0.717) is 0 Å². The van der Waals surface area contributed by atoms with Gasteiger partial charge in [0.05, 0.1) is 29.0 Å². The lowest BCUT2D eigenvalue weighted by Crippen LogP contribution is -2.20. The van der Waals surface area contributed by atoms with E-state index < -0.39 is 0 Å². The van der Waals surface area contributed by atoms with Gasteiger partial charge in [-0.05, 0) is 46.6 Å². The fraction of sp³-hybridized carbons (Fsp3) is 0.200. The maximum absolute atomic E-state index is 4.72. The summed E-state index contributed by atoms with van der Waals surface area (Å²) < 4.78 is 1.16. The van der Waals surface area contributed by atoms with E-state index in [9.17, 15) is 0 Å². The Kier molecular flexibility index (Phi) is 4.10. The molecule has 2 aromatic heterocycles. The van der Waals surface area contributed by atoms with Crippen LogP contribution in [0.3, 0.4) is 0 Å². The van der Waals surface area contributed by atoms with E-state index in [2.05, 4.69) is 37.7 Å². The van der Waals surface area contributed by atoms with Crippen molar-refractivity contribution in [1.29, 1.82) is 0 Å². The maximum atomic E-state index is 4.72. The van der Waals surface area contributed by atoms with Crippen molar-refractivity contribution in [2.24, 2.45) is 0 Å². The number of hydrogen-bond donors (Lipinski definition) is 1. The zero-order valence-electron chi connectivity index (χ0n) is 11.0. The number of thiophene rings is 1. The van der Waals surface area contributed by atoms with Gasteiger partial charge in [-0.1, -0.05) is 12.1 Å². The molecule has 2 heterocycles. The number of benzene rings is 1. The van der Waals surface area contributed by atoms with Gasteiger partial charge < -0.3 is 5.32 Å². The molecule has 3 aromatic rings. The number of halogens is 1. The van der Waals surface area contributed by atoms with Crippen LogP contribution in [0.2, 0.25) is 0 Å². The Bertz CT molecular complexity index is 726. The minimum Gasteiger partial charge on any atom is -0.311 e. The van der Waals surface area contributed by atoms with Crippen molar-refractivity contribution in [2.75, 3.05) is 7.05 Å². The third-order valence-corrected chi connectivity index (χ3v) is 5.20. The quantitative estimate of drug-likeness (QED) is 0.776. The second kappa shape index (κ2) is 5.99. The van der Waals surface area contributed by atoms with Crippen LogP contribution in [-0.2, 0) is 6.42 Å². The van der Waals surface area contributed by atoms with Crippen molar-refractivity contribution in [3.63, 3.8) is 0 Å². The van der Waals surface area contributed by atoms with Crippen LogP contribution in [-0.4, -0.2) is 17.0 Å². The Morgan fingerprint density at radius 3 is 2.75 bits per heavy atom. The first-order valence-corrected chi connectivity index (χ1v) is 8.06. The molecule has 0 saturated carbocycles. The number of rotatable bonds is 4. The van der Waals surface area contributed by atoms with Crippen LogP contribution in [0.25, 0.3) is 11.0 Å². The van der Waals surface area contributed by atoms with Gasteiger partial charge in [0.25, 0.3) is 0 Å². The third kappa shape index (κ3) is 2.75. The molecule has 0 aliphatic carbocycles. The summed E-state index contributed by atoms with van der Waals surface area (Å²) in [4.78, 5) is 10.5. The fourth-order valence-electron chi connectivity index (χ4n) is 2.15. The molecule has 3 nitrogen and oxygen atoms in total. The molecule has 0 amide bonds. The fourth-order valence-corrected chi connectivity index (χ4v) is 3.71. The first-order chi connectivity index (χ1) is 9.78. The predicted octanol–water partition coefficient (Wildman–Crippen LogP) is 3.96. The lowest BCUT2D eigenvalue weighted by molar-refractivity contribution is 0.579. The second-order valence-corrected chi connectivity index (χ2v) is 6.38. The zero-order valence-corrected chi connectivity index (χ0v) is 13.4. The Morgan fingerprint density at radius 1 is 1.25 bits per heavy atom. The van der Waals surface area contributed by atoms with E-state index in [0.717, 1.165) is 27.6 Å². The smallest absolute Gasteiger partial charge is 0.0890 e. The minimum atomic E-state index is 0.169. The largest absolute Gasteiger partial charge is 0.311 e. The van der Waals surface area contributed by atoms with Crippen molar-refractivity contribution in [2.45, 2.75) is 12.5 Å². The number of para-hydroxylation sites is 2. The molecule has 1 aromatic carbocycles. The van der Waals surface area contributed by atoms with Crippen molar-refractivity contribution < 1.29 is 0 Å². The van der Waals surface area contributed by atoms with E-state index in [1.54, 1.807) is 11.3 Å². The summed E-state index contributed by atoms with van der Waals surface area (Å²) in [5, 5.41) is 5.43. The van der Waals surface area contributed by atoms with Crippen LogP contribution in [0.5, 0.6) is 0 Å². The van der Waals surface area contributed by atoms with Gasteiger partial charge in [-0.2, -0.15) is 0 Å². The van der Waals surface area contributed by atoms with E-state index >= 15 is 0 Å². The molecule has 0 fully saturated rings. The number of hydrogen-bond acceptors (Lipinski definition) is 4. The molecule has 3 rings (SSSR count). The van der Waals surface area contributed by atoms with Crippen LogP contribution in [0, 0.1) is 0 Å². The molecule has 0 bridgehead atoms. The summed E-state index contributed by atoms with van der Waals surface area (Å²) in [6, 6.07) is 10.2. The average molecular weight is 348 g/mol. The van der Waals surface area contributed by atoms with Gasteiger partial charge in [0, 0.05) is 15.8 Å². The molecule has 1 unspecified atom stereocenters. The van der Waals surface area contributed by atoms with E-state index in [1.165, 1.54) is 4.88 Å². The highest BCUT2D eigenvalue weighted by atomic mass is 79.9. The molecule has 0 aliphatic heterocycles. The molecule has 5 heteroatoms. The number of nitrogens with zero attached hydrogens (tertiary/aromatic N) is 2. The molecule has 0 aliphatic rings. The van der Waals surface area contributed by atoms with Gasteiger partial charge in [-0.15, -0.1) is 11.3 Å². The minimum absolute atomic E-state index is 0.169. The highest BCUT2D eigenvalue weighted by molar-refractivity contribution is 9.10. The van der Waals surface area contributed by atoms with Gasteiger partial charge in [-0.3, -0.25) is 4.98 Å². The van der Waals surface area contributed by atoms with Crippen LogP contribution in [0.15, 0.2) is 46.4 Å². The molecule has 1 atom stereocenters. The van der Waals surface area contributed by atoms with Crippen molar-refractivity contribution in [1.82, 2.24) is 15.3 Å². The topological polar surface area (TPSA) is 37.8 Å². The van der Waals surface area contributed by atoms with Crippen LogP contribution in [0.4, 0.5) is 0 Å². The highest BCUT2D eigenvalue weighted by Gasteiger charge is 2.15. The molecule has 20 heavy (non-hydrogen) atoms. The van der Waals surface area contributed by atoms with Gasteiger partial charge in [0.2, 0.25) is 0 Å². The number of fused-ring (bicyclic) bond motifs is 1. The summed E-state index contributed by atoms with van der Waals surface area (Å²) in [7, 11) is 1.96. The second-order valence-electron chi connectivity index (χ2n) is 4.52. The lowest BCUT2D eigenvalue weighted by Gasteiger charge is -2.15. The van der Waals surface area contributed by atoms with Crippen molar-refractivity contribution in [3.05, 3.63) is 57.0 Å². The standard InChI is InChI=1S/C15H14BrN3S/c1-17-13(8-15-10(16)6-7-20-15)14-9-18-11-4-2-3-5-12(11)19-14/h2-7,9,13,17H,8H2,1H3. The highest BCUT2D eigenvalue weighted by Crippen LogP contribution is 2.27. The van der Waals surface area contributed by atoms with Crippen LogP contribution >= 0.6 is 27.3 Å². The van der Waals surface area contributed by atoms with E-state index in [1.807, 2.05) is 37.5 Å². The van der Waals surface area contributed by atoms with Gasteiger partial charge in [0.1, 0.15) is 0 Å². The molecule has 0 saturated heterocycles. The first kappa shape index (κ1) is 13.7. The van der Waals surface area contributed by atoms with E-state index in [-0.39, 0.29) is 6.04 Å². The molecular formula is C15H14BrN3S. The summed E-state index contributed by atoms with van der Waals surface area (Å²) in [6.45, 7) is 0. The Labute approximate surface area is 130 Å². The first-order valence-electron chi connectivity index (χ1n) is 6.39. The summed E-state index contributed by atoms with van der Waals surface area (Å²) >= 11 is 5.34. The monoisotopic (exact) mass is 347 g/mol. The molecule has 102 valence electrons. The number of nitrogens with one attached hydrogen (secondary N) is 1. The Hall–Kier alpha value is -1.30. The van der Waals surface area contributed by atoms with Crippen molar-refractivity contribution in [3.8, 4) is 0 Å².